The average Bonchev–Trinajstić information content (AvgIpc) is 2.87. The highest BCUT2D eigenvalue weighted by Crippen LogP contribution is 2.37. The van der Waals surface area contributed by atoms with E-state index < -0.39 is 5.97 Å². The van der Waals surface area contributed by atoms with E-state index in [2.05, 4.69) is 27.8 Å². The molecule has 0 radical (unpaired) electrons. The smallest absolute Gasteiger partial charge is 0.305 e. The van der Waals surface area contributed by atoms with Crippen molar-refractivity contribution in [1.29, 1.82) is 0 Å². The predicted octanol–water partition coefficient (Wildman–Crippen LogP) is 7.49. The van der Waals surface area contributed by atoms with Gasteiger partial charge in [-0.2, -0.15) is 0 Å². The second-order valence-electron chi connectivity index (χ2n) is 8.22. The van der Waals surface area contributed by atoms with Gasteiger partial charge in [-0.25, -0.2) is 0 Å². The highest BCUT2D eigenvalue weighted by Gasteiger charge is 2.21. The number of nitrogens with one attached hydrogen (secondary N) is 1. The molecule has 180 valence electrons. The number of anilines is 2. The first-order valence-corrected chi connectivity index (χ1v) is 12.5. The maximum Gasteiger partial charge on any atom is 0.305 e. The van der Waals surface area contributed by atoms with Crippen LogP contribution >= 0.6 is 23.5 Å². The van der Waals surface area contributed by atoms with Crippen molar-refractivity contribution in [3.05, 3.63) is 95.5 Å². The maximum atomic E-state index is 11.6. The van der Waals surface area contributed by atoms with Gasteiger partial charge in [-0.05, 0) is 66.9 Å². The van der Waals surface area contributed by atoms with Crippen LogP contribution in [0, 0.1) is 0 Å². The minimum absolute atomic E-state index is 0.0199. The summed E-state index contributed by atoms with van der Waals surface area (Å²) < 4.78 is 8.71. The minimum Gasteiger partial charge on any atom is -0.497 e. The number of fused-ring (bicyclic) bond motifs is 1. The number of nitrogens with zero attached hydrogens (tertiary/aromatic N) is 1. The summed E-state index contributed by atoms with van der Waals surface area (Å²) in [5.74, 6) is -0.0154. The molecule has 0 fully saturated rings. The Hall–Kier alpha value is -3.35. The SMILES string of the molecule is COc1ccc(SNc2ccc(N(Cc3ccccc3Cl)[C@@H](C)CC(=O)O)c3ccccc23)cc1. The molecule has 4 rings (SSSR count). The molecule has 0 saturated carbocycles. The van der Waals surface area contributed by atoms with E-state index in [0.29, 0.717) is 11.6 Å². The molecule has 0 aromatic heterocycles. The monoisotopic (exact) mass is 506 g/mol. The third-order valence-corrected chi connectivity index (χ3v) is 7.05. The van der Waals surface area contributed by atoms with Gasteiger partial charge in [0.15, 0.2) is 0 Å². The molecule has 0 bridgehead atoms. The molecule has 5 nitrogen and oxygen atoms in total. The van der Waals surface area contributed by atoms with Crippen molar-refractivity contribution in [2.24, 2.45) is 0 Å². The lowest BCUT2D eigenvalue weighted by Crippen LogP contribution is -2.34. The maximum absolute atomic E-state index is 11.6. The molecule has 4 aromatic carbocycles. The van der Waals surface area contributed by atoms with Crippen molar-refractivity contribution in [3.8, 4) is 5.75 Å². The topological polar surface area (TPSA) is 61.8 Å². The van der Waals surface area contributed by atoms with Gasteiger partial charge in [0.2, 0.25) is 0 Å². The minimum atomic E-state index is -0.833. The number of ether oxygens (including phenoxy) is 1. The summed E-state index contributed by atoms with van der Waals surface area (Å²) >= 11 is 7.99. The molecule has 35 heavy (non-hydrogen) atoms. The van der Waals surface area contributed by atoms with Gasteiger partial charge in [0, 0.05) is 39.0 Å². The predicted molar refractivity (Wildman–Crippen MR) is 146 cm³/mol. The lowest BCUT2D eigenvalue weighted by Gasteiger charge is -2.32. The van der Waals surface area contributed by atoms with Crippen LogP contribution in [0.25, 0.3) is 10.8 Å². The molecule has 0 aliphatic carbocycles. The summed E-state index contributed by atoms with van der Waals surface area (Å²) in [6, 6.07) is 27.6. The van der Waals surface area contributed by atoms with E-state index in [0.717, 1.165) is 38.4 Å². The number of halogens is 1. The summed E-state index contributed by atoms with van der Waals surface area (Å²) in [6.45, 7) is 2.44. The Morgan fingerprint density at radius 1 is 1.00 bits per heavy atom. The lowest BCUT2D eigenvalue weighted by atomic mass is 10.0. The van der Waals surface area contributed by atoms with Gasteiger partial charge in [-0.1, -0.05) is 54.1 Å². The Morgan fingerprint density at radius 3 is 2.37 bits per heavy atom. The Labute approximate surface area is 214 Å². The molecule has 0 amide bonds. The van der Waals surface area contributed by atoms with Gasteiger partial charge in [-0.15, -0.1) is 0 Å². The van der Waals surface area contributed by atoms with Gasteiger partial charge in [0.1, 0.15) is 5.75 Å². The molecule has 0 unspecified atom stereocenters. The number of aliphatic carboxylic acids is 1. The molecule has 0 spiro atoms. The summed E-state index contributed by atoms with van der Waals surface area (Å²) in [7, 11) is 1.65. The first-order chi connectivity index (χ1) is 17.0. The summed E-state index contributed by atoms with van der Waals surface area (Å²) in [4.78, 5) is 14.8. The van der Waals surface area contributed by atoms with Crippen LogP contribution in [0.3, 0.4) is 0 Å². The molecule has 4 aromatic rings. The van der Waals surface area contributed by atoms with Crippen LogP contribution in [0.15, 0.2) is 89.8 Å². The van der Waals surface area contributed by atoms with Crippen molar-refractivity contribution in [2.45, 2.75) is 30.8 Å². The van der Waals surface area contributed by atoms with Crippen molar-refractivity contribution in [3.63, 3.8) is 0 Å². The van der Waals surface area contributed by atoms with Crippen LogP contribution in [0.5, 0.6) is 5.75 Å². The number of carboxylic acid groups (broad SMARTS) is 1. The van der Waals surface area contributed by atoms with Gasteiger partial charge < -0.3 is 19.5 Å². The van der Waals surface area contributed by atoms with Crippen LogP contribution in [0.2, 0.25) is 5.02 Å². The Morgan fingerprint density at radius 2 is 1.69 bits per heavy atom. The fourth-order valence-corrected chi connectivity index (χ4v) is 4.91. The first kappa shape index (κ1) is 24.8. The van der Waals surface area contributed by atoms with E-state index in [1.165, 1.54) is 11.9 Å². The summed E-state index contributed by atoms with van der Waals surface area (Å²) in [5.41, 5.74) is 2.90. The van der Waals surface area contributed by atoms with E-state index in [1.807, 2.05) is 73.7 Å². The number of carbonyl (C=O) groups is 1. The molecule has 0 aliphatic rings. The number of rotatable bonds is 10. The van der Waals surface area contributed by atoms with Crippen LogP contribution in [0.1, 0.15) is 18.9 Å². The van der Waals surface area contributed by atoms with Crippen molar-refractivity contribution >= 4 is 51.7 Å². The Bertz CT molecular complexity index is 1310. The summed E-state index contributed by atoms with van der Waals surface area (Å²) in [6.07, 6.45) is 0.0199. The highest BCUT2D eigenvalue weighted by molar-refractivity contribution is 8.00. The normalized spacial score (nSPS) is 11.7. The Balaban J connectivity index is 1.69. The Kier molecular flexibility index (Phi) is 8.06. The number of carboxylic acids is 1. The van der Waals surface area contributed by atoms with E-state index in [9.17, 15) is 9.90 Å². The molecule has 2 N–H and O–H groups in total. The van der Waals surface area contributed by atoms with Crippen LogP contribution in [0.4, 0.5) is 11.4 Å². The van der Waals surface area contributed by atoms with Gasteiger partial charge >= 0.3 is 5.97 Å². The standard InChI is InChI=1S/C28H27ClN2O3S/c1-19(17-28(32)33)31(18-20-7-3-6-10-25(20)29)27-16-15-26(23-8-4-5-9-24(23)27)30-35-22-13-11-21(34-2)12-14-22/h3-16,19,30H,17-18H2,1-2H3,(H,32,33)/t19-/m0/s1. The molecule has 0 saturated heterocycles. The lowest BCUT2D eigenvalue weighted by molar-refractivity contribution is -0.137. The summed E-state index contributed by atoms with van der Waals surface area (Å²) in [5, 5.41) is 12.3. The first-order valence-electron chi connectivity index (χ1n) is 11.3. The van der Waals surface area contributed by atoms with E-state index >= 15 is 0 Å². The largest absolute Gasteiger partial charge is 0.497 e. The third-order valence-electron chi connectivity index (χ3n) is 5.85. The molecular weight excluding hydrogens is 480 g/mol. The average molecular weight is 507 g/mol. The van der Waals surface area contributed by atoms with Gasteiger partial charge in [0.05, 0.1) is 19.2 Å². The second kappa shape index (κ2) is 11.4. The zero-order valence-electron chi connectivity index (χ0n) is 19.6. The van der Waals surface area contributed by atoms with Crippen LogP contribution < -0.4 is 14.4 Å². The number of benzene rings is 4. The van der Waals surface area contributed by atoms with Gasteiger partial charge in [0.25, 0.3) is 0 Å². The number of methoxy groups -OCH3 is 1. The van der Waals surface area contributed by atoms with E-state index in [-0.39, 0.29) is 12.5 Å². The number of hydrogen-bond donors (Lipinski definition) is 2. The fraction of sp³-hybridized carbons (Fsp3) is 0.179. The fourth-order valence-electron chi connectivity index (χ4n) is 4.03. The molecule has 1 atom stereocenters. The van der Waals surface area contributed by atoms with Crippen molar-refractivity contribution in [2.75, 3.05) is 16.7 Å². The zero-order chi connectivity index (χ0) is 24.8. The highest BCUT2D eigenvalue weighted by atomic mass is 35.5. The zero-order valence-corrected chi connectivity index (χ0v) is 21.1. The molecule has 0 aliphatic heterocycles. The number of hydrogen-bond acceptors (Lipinski definition) is 5. The third kappa shape index (κ3) is 6.02. The van der Waals surface area contributed by atoms with E-state index in [1.54, 1.807) is 7.11 Å². The molecule has 7 heteroatoms. The van der Waals surface area contributed by atoms with Crippen molar-refractivity contribution < 1.29 is 14.6 Å². The van der Waals surface area contributed by atoms with Crippen molar-refractivity contribution in [1.82, 2.24) is 0 Å². The second-order valence-corrected chi connectivity index (χ2v) is 9.51. The van der Waals surface area contributed by atoms with E-state index in [4.69, 9.17) is 16.3 Å². The molecular formula is C28H27ClN2O3S. The van der Waals surface area contributed by atoms with Crippen LogP contribution in [-0.2, 0) is 11.3 Å². The molecule has 0 heterocycles. The van der Waals surface area contributed by atoms with Crippen LogP contribution in [-0.4, -0.2) is 24.2 Å². The quantitative estimate of drug-likeness (QED) is 0.217. The van der Waals surface area contributed by atoms with Gasteiger partial charge in [-0.3, -0.25) is 4.79 Å².